The van der Waals surface area contributed by atoms with Crippen LogP contribution in [0.3, 0.4) is 0 Å². The van der Waals surface area contributed by atoms with E-state index in [1.165, 1.54) is 12.7 Å². The standard InChI is InChI=1S/C21H21NO4/c1-14(8-9-15-6-4-3-5-7-15)22-20(23)18-12-16-10-11-17(25-2)13-19(16)26-21(18)24/h3-7,10-14H,8-9H2,1-2H3,(H,22,23). The molecule has 0 aliphatic heterocycles. The molecule has 0 bridgehead atoms. The first kappa shape index (κ1) is 17.7. The van der Waals surface area contributed by atoms with Gasteiger partial charge in [-0.05, 0) is 43.5 Å². The quantitative estimate of drug-likeness (QED) is 0.690. The molecule has 1 unspecified atom stereocenters. The molecule has 26 heavy (non-hydrogen) atoms. The van der Waals surface area contributed by atoms with Crippen molar-refractivity contribution in [2.75, 3.05) is 7.11 Å². The van der Waals surface area contributed by atoms with Crippen LogP contribution in [0.25, 0.3) is 11.0 Å². The second kappa shape index (κ2) is 7.87. The second-order valence-electron chi connectivity index (χ2n) is 6.25. The lowest BCUT2D eigenvalue weighted by molar-refractivity contribution is 0.0935. The molecule has 0 aliphatic carbocycles. The molecule has 0 saturated carbocycles. The molecule has 1 N–H and O–H groups in total. The van der Waals surface area contributed by atoms with Gasteiger partial charge < -0.3 is 14.5 Å². The van der Waals surface area contributed by atoms with Crippen molar-refractivity contribution in [3.63, 3.8) is 0 Å². The van der Waals surface area contributed by atoms with Gasteiger partial charge in [0, 0.05) is 17.5 Å². The molecule has 0 spiro atoms. The molecule has 1 aromatic heterocycles. The summed E-state index contributed by atoms with van der Waals surface area (Å²) in [5.41, 5.74) is 0.962. The van der Waals surface area contributed by atoms with Crippen LogP contribution in [0.5, 0.6) is 5.75 Å². The van der Waals surface area contributed by atoms with Crippen molar-refractivity contribution in [2.45, 2.75) is 25.8 Å². The molecule has 1 amide bonds. The number of benzene rings is 2. The Hall–Kier alpha value is -3.08. The highest BCUT2D eigenvalue weighted by Crippen LogP contribution is 2.20. The molecular weight excluding hydrogens is 330 g/mol. The summed E-state index contributed by atoms with van der Waals surface area (Å²) in [6, 6.07) is 16.7. The van der Waals surface area contributed by atoms with E-state index >= 15 is 0 Å². The van der Waals surface area contributed by atoms with E-state index in [2.05, 4.69) is 17.4 Å². The average molecular weight is 351 g/mol. The number of nitrogens with one attached hydrogen (secondary N) is 1. The number of carbonyl (C=O) groups excluding carboxylic acids is 1. The van der Waals surface area contributed by atoms with Crippen LogP contribution >= 0.6 is 0 Å². The van der Waals surface area contributed by atoms with Gasteiger partial charge in [-0.15, -0.1) is 0 Å². The Morgan fingerprint density at radius 1 is 1.15 bits per heavy atom. The number of methoxy groups -OCH3 is 1. The van der Waals surface area contributed by atoms with Crippen LogP contribution in [0.1, 0.15) is 29.3 Å². The fourth-order valence-electron chi connectivity index (χ4n) is 2.78. The zero-order valence-electron chi connectivity index (χ0n) is 14.8. The molecule has 3 aromatic rings. The van der Waals surface area contributed by atoms with E-state index in [4.69, 9.17) is 9.15 Å². The van der Waals surface area contributed by atoms with E-state index in [-0.39, 0.29) is 11.6 Å². The van der Waals surface area contributed by atoms with Crippen molar-refractivity contribution in [1.29, 1.82) is 0 Å². The van der Waals surface area contributed by atoms with Crippen molar-refractivity contribution in [2.24, 2.45) is 0 Å². The predicted molar refractivity (Wildman–Crippen MR) is 101 cm³/mol. The lowest BCUT2D eigenvalue weighted by Gasteiger charge is -2.13. The fourth-order valence-corrected chi connectivity index (χ4v) is 2.78. The fraction of sp³-hybridized carbons (Fsp3) is 0.238. The zero-order chi connectivity index (χ0) is 18.5. The van der Waals surface area contributed by atoms with E-state index in [0.29, 0.717) is 16.7 Å². The largest absolute Gasteiger partial charge is 0.497 e. The highest BCUT2D eigenvalue weighted by Gasteiger charge is 2.16. The van der Waals surface area contributed by atoms with Gasteiger partial charge in [0.15, 0.2) is 0 Å². The summed E-state index contributed by atoms with van der Waals surface area (Å²) < 4.78 is 10.4. The lowest BCUT2D eigenvalue weighted by Crippen LogP contribution is -2.35. The van der Waals surface area contributed by atoms with Crippen molar-refractivity contribution >= 4 is 16.9 Å². The van der Waals surface area contributed by atoms with Crippen molar-refractivity contribution in [3.05, 3.63) is 76.1 Å². The molecule has 0 fully saturated rings. The molecule has 0 aliphatic rings. The van der Waals surface area contributed by atoms with Gasteiger partial charge in [-0.3, -0.25) is 4.79 Å². The first-order valence-corrected chi connectivity index (χ1v) is 8.53. The molecule has 5 heteroatoms. The summed E-state index contributed by atoms with van der Waals surface area (Å²) in [4.78, 5) is 24.6. The van der Waals surface area contributed by atoms with Crippen LogP contribution < -0.4 is 15.7 Å². The Kier molecular flexibility index (Phi) is 5.37. The predicted octanol–water partition coefficient (Wildman–Crippen LogP) is 3.55. The number of aryl methyl sites for hydroxylation is 1. The molecular formula is C21H21NO4. The van der Waals surface area contributed by atoms with Gasteiger partial charge >= 0.3 is 5.63 Å². The van der Waals surface area contributed by atoms with Gasteiger partial charge in [0.25, 0.3) is 5.91 Å². The summed E-state index contributed by atoms with van der Waals surface area (Å²) in [6.45, 7) is 1.92. The average Bonchev–Trinajstić information content (AvgIpc) is 2.66. The molecule has 1 heterocycles. The summed E-state index contributed by atoms with van der Waals surface area (Å²) >= 11 is 0. The van der Waals surface area contributed by atoms with Crippen molar-refractivity contribution < 1.29 is 13.9 Å². The highest BCUT2D eigenvalue weighted by atomic mass is 16.5. The Morgan fingerprint density at radius 3 is 2.65 bits per heavy atom. The lowest BCUT2D eigenvalue weighted by atomic mass is 10.1. The molecule has 5 nitrogen and oxygen atoms in total. The number of hydrogen-bond acceptors (Lipinski definition) is 4. The van der Waals surface area contributed by atoms with Crippen LogP contribution in [0.15, 0.2) is 63.8 Å². The maximum atomic E-state index is 12.5. The minimum Gasteiger partial charge on any atom is -0.497 e. The van der Waals surface area contributed by atoms with Crippen molar-refractivity contribution in [3.8, 4) is 5.75 Å². The molecule has 0 saturated heterocycles. The zero-order valence-corrected chi connectivity index (χ0v) is 14.8. The van der Waals surface area contributed by atoms with Crippen molar-refractivity contribution in [1.82, 2.24) is 5.32 Å². The number of amides is 1. The number of rotatable bonds is 6. The number of fused-ring (bicyclic) bond motifs is 1. The smallest absolute Gasteiger partial charge is 0.349 e. The normalized spacial score (nSPS) is 11.9. The summed E-state index contributed by atoms with van der Waals surface area (Å²) in [5.74, 6) is 0.171. The number of hydrogen-bond donors (Lipinski definition) is 1. The van der Waals surface area contributed by atoms with Gasteiger partial charge in [-0.25, -0.2) is 4.79 Å². The van der Waals surface area contributed by atoms with E-state index in [0.717, 1.165) is 12.8 Å². The van der Waals surface area contributed by atoms with Gasteiger partial charge in [-0.2, -0.15) is 0 Å². The maximum Gasteiger partial charge on any atom is 0.349 e. The minimum absolute atomic E-state index is 0.00854. The Balaban J connectivity index is 1.70. The maximum absolute atomic E-state index is 12.5. The SMILES string of the molecule is COc1ccc2cc(C(=O)NC(C)CCc3ccccc3)c(=O)oc2c1. The first-order chi connectivity index (χ1) is 12.6. The molecule has 3 rings (SSSR count). The third kappa shape index (κ3) is 4.11. The van der Waals surface area contributed by atoms with Gasteiger partial charge in [0.2, 0.25) is 0 Å². The van der Waals surface area contributed by atoms with Crippen LogP contribution in [0.2, 0.25) is 0 Å². The van der Waals surface area contributed by atoms with Gasteiger partial charge in [-0.1, -0.05) is 30.3 Å². The van der Waals surface area contributed by atoms with E-state index in [9.17, 15) is 9.59 Å². The third-order valence-electron chi connectivity index (χ3n) is 4.27. The monoisotopic (exact) mass is 351 g/mol. The second-order valence-corrected chi connectivity index (χ2v) is 6.25. The molecule has 0 radical (unpaired) electrons. The summed E-state index contributed by atoms with van der Waals surface area (Å²) in [6.07, 6.45) is 1.64. The van der Waals surface area contributed by atoms with Gasteiger partial charge in [0.1, 0.15) is 16.9 Å². The van der Waals surface area contributed by atoms with E-state index in [1.54, 1.807) is 24.3 Å². The Labute approximate surface area is 151 Å². The van der Waals surface area contributed by atoms with Crippen LogP contribution in [-0.4, -0.2) is 19.1 Å². The minimum atomic E-state index is -0.654. The number of carbonyl (C=O) groups is 1. The highest BCUT2D eigenvalue weighted by molar-refractivity contribution is 5.96. The van der Waals surface area contributed by atoms with Crippen LogP contribution in [0, 0.1) is 0 Å². The molecule has 134 valence electrons. The Bertz CT molecular complexity index is 963. The first-order valence-electron chi connectivity index (χ1n) is 8.53. The van der Waals surface area contributed by atoms with E-state index in [1.807, 2.05) is 25.1 Å². The third-order valence-corrected chi connectivity index (χ3v) is 4.27. The van der Waals surface area contributed by atoms with Gasteiger partial charge in [0.05, 0.1) is 7.11 Å². The molecule has 1 atom stereocenters. The Morgan fingerprint density at radius 2 is 1.92 bits per heavy atom. The summed E-state index contributed by atoms with van der Waals surface area (Å²) in [7, 11) is 1.54. The van der Waals surface area contributed by atoms with Crippen LogP contribution in [0.4, 0.5) is 0 Å². The topological polar surface area (TPSA) is 68.5 Å². The number of ether oxygens (including phenoxy) is 1. The van der Waals surface area contributed by atoms with Crippen LogP contribution in [-0.2, 0) is 6.42 Å². The van der Waals surface area contributed by atoms with E-state index < -0.39 is 11.5 Å². The summed E-state index contributed by atoms with van der Waals surface area (Å²) in [5, 5.41) is 3.54. The molecule has 2 aromatic carbocycles.